The van der Waals surface area contributed by atoms with E-state index in [0.717, 1.165) is 29.5 Å². The molecule has 5 nitrogen and oxygen atoms in total. The molecule has 1 aromatic heterocycles. The molecule has 0 atom stereocenters. The molecule has 29 heavy (non-hydrogen) atoms. The van der Waals surface area contributed by atoms with Crippen molar-refractivity contribution in [3.05, 3.63) is 89.7 Å². The van der Waals surface area contributed by atoms with Crippen molar-refractivity contribution in [3.63, 3.8) is 0 Å². The predicted octanol–water partition coefficient (Wildman–Crippen LogP) is 4.36. The summed E-state index contributed by atoms with van der Waals surface area (Å²) >= 11 is 0. The van der Waals surface area contributed by atoms with Gasteiger partial charge in [-0.1, -0.05) is 42.0 Å². The van der Waals surface area contributed by atoms with E-state index in [1.165, 1.54) is 4.31 Å². The molecule has 0 N–H and O–H groups in total. The number of sulfonamides is 1. The van der Waals surface area contributed by atoms with Gasteiger partial charge in [-0.05, 0) is 55.2 Å². The van der Waals surface area contributed by atoms with Crippen molar-refractivity contribution >= 4 is 15.7 Å². The van der Waals surface area contributed by atoms with Crippen molar-refractivity contribution < 1.29 is 13.2 Å². The highest BCUT2D eigenvalue weighted by atomic mass is 32.2. The molecule has 0 aliphatic rings. The summed E-state index contributed by atoms with van der Waals surface area (Å²) in [7, 11) is -2.06. The molecule has 152 valence electrons. The fraction of sp³-hybridized carbons (Fsp3) is 0.261. The molecule has 0 spiro atoms. The van der Waals surface area contributed by atoms with Gasteiger partial charge in [-0.25, -0.2) is 8.42 Å². The Kier molecular flexibility index (Phi) is 7.01. The molecule has 0 fully saturated rings. The SMILES string of the molecule is COCCCc1ccc(S(=O)(=O)N(Cc2ccc(C)cc2)c2cccnc2)cc1. The van der Waals surface area contributed by atoms with Gasteiger partial charge in [-0.15, -0.1) is 0 Å². The molecular weight excluding hydrogens is 384 g/mol. The Bertz CT molecular complexity index is 1000. The number of benzene rings is 2. The third kappa shape index (κ3) is 5.43. The molecular formula is C23H26N2O3S. The van der Waals surface area contributed by atoms with Gasteiger partial charge in [-0.2, -0.15) is 0 Å². The molecule has 0 aliphatic heterocycles. The zero-order valence-electron chi connectivity index (χ0n) is 16.8. The largest absolute Gasteiger partial charge is 0.385 e. The number of ether oxygens (including phenoxy) is 1. The first-order valence-electron chi connectivity index (χ1n) is 9.57. The fourth-order valence-electron chi connectivity index (χ4n) is 3.05. The van der Waals surface area contributed by atoms with Crippen LogP contribution in [0.25, 0.3) is 0 Å². The molecule has 0 unspecified atom stereocenters. The number of nitrogens with zero attached hydrogens (tertiary/aromatic N) is 2. The van der Waals surface area contributed by atoms with Crippen molar-refractivity contribution in [1.82, 2.24) is 4.98 Å². The van der Waals surface area contributed by atoms with E-state index in [2.05, 4.69) is 4.98 Å². The van der Waals surface area contributed by atoms with E-state index < -0.39 is 10.0 Å². The minimum absolute atomic E-state index is 0.240. The number of anilines is 1. The third-order valence-electron chi connectivity index (χ3n) is 4.71. The van der Waals surface area contributed by atoms with Crippen LogP contribution >= 0.6 is 0 Å². The molecule has 0 bridgehead atoms. The average molecular weight is 411 g/mol. The number of aryl methyl sites for hydroxylation is 2. The standard InChI is InChI=1S/C23H26N2O3S/c1-19-7-9-21(10-8-19)18-25(22-6-3-15-24-17-22)29(26,27)23-13-11-20(12-14-23)5-4-16-28-2/h3,6-15,17H,4-5,16,18H2,1-2H3. The van der Waals surface area contributed by atoms with Crippen molar-refractivity contribution in [2.75, 3.05) is 18.0 Å². The Morgan fingerprint density at radius 3 is 2.28 bits per heavy atom. The Hall–Kier alpha value is -2.70. The van der Waals surface area contributed by atoms with Crippen LogP contribution in [0.3, 0.4) is 0 Å². The van der Waals surface area contributed by atoms with Crippen molar-refractivity contribution in [1.29, 1.82) is 0 Å². The highest BCUT2D eigenvalue weighted by Crippen LogP contribution is 2.26. The second-order valence-electron chi connectivity index (χ2n) is 6.95. The van der Waals surface area contributed by atoms with E-state index in [9.17, 15) is 8.42 Å². The van der Waals surface area contributed by atoms with E-state index >= 15 is 0 Å². The van der Waals surface area contributed by atoms with Crippen molar-refractivity contribution in [2.24, 2.45) is 0 Å². The number of methoxy groups -OCH3 is 1. The molecule has 0 saturated carbocycles. The normalized spacial score (nSPS) is 11.4. The van der Waals surface area contributed by atoms with E-state index in [1.807, 2.05) is 43.3 Å². The van der Waals surface area contributed by atoms with Gasteiger partial charge in [0.25, 0.3) is 10.0 Å². The predicted molar refractivity (Wildman–Crippen MR) is 115 cm³/mol. The number of hydrogen-bond donors (Lipinski definition) is 0. The smallest absolute Gasteiger partial charge is 0.264 e. The van der Waals surface area contributed by atoms with Gasteiger partial charge >= 0.3 is 0 Å². The summed E-state index contributed by atoms with van der Waals surface area (Å²) in [6.45, 7) is 2.93. The molecule has 6 heteroatoms. The number of hydrogen-bond acceptors (Lipinski definition) is 4. The lowest BCUT2D eigenvalue weighted by Crippen LogP contribution is -2.30. The van der Waals surface area contributed by atoms with E-state index in [1.54, 1.807) is 43.8 Å². The van der Waals surface area contributed by atoms with Gasteiger partial charge in [0.1, 0.15) is 0 Å². The van der Waals surface area contributed by atoms with Crippen LogP contribution < -0.4 is 4.31 Å². The zero-order chi connectivity index (χ0) is 20.7. The van der Waals surface area contributed by atoms with Gasteiger partial charge in [0.2, 0.25) is 0 Å². The maximum atomic E-state index is 13.5. The maximum absolute atomic E-state index is 13.5. The number of rotatable bonds is 9. The van der Waals surface area contributed by atoms with Crippen LogP contribution in [-0.2, 0) is 27.7 Å². The Morgan fingerprint density at radius 1 is 0.966 bits per heavy atom. The van der Waals surface area contributed by atoms with E-state index in [4.69, 9.17) is 4.74 Å². The lowest BCUT2D eigenvalue weighted by molar-refractivity contribution is 0.195. The van der Waals surface area contributed by atoms with Crippen LogP contribution in [0.4, 0.5) is 5.69 Å². The molecule has 3 rings (SSSR count). The number of pyridine rings is 1. The van der Waals surface area contributed by atoms with Crippen LogP contribution in [0.1, 0.15) is 23.1 Å². The van der Waals surface area contributed by atoms with Gasteiger partial charge in [0.05, 0.1) is 23.3 Å². The monoisotopic (exact) mass is 410 g/mol. The average Bonchev–Trinajstić information content (AvgIpc) is 2.74. The van der Waals surface area contributed by atoms with Crippen LogP contribution in [0.2, 0.25) is 0 Å². The number of aromatic nitrogens is 1. The van der Waals surface area contributed by atoms with Gasteiger partial charge < -0.3 is 4.74 Å². The van der Waals surface area contributed by atoms with Crippen LogP contribution in [0, 0.1) is 6.92 Å². The minimum atomic E-state index is -3.74. The lowest BCUT2D eigenvalue weighted by atomic mass is 10.1. The molecule has 0 aliphatic carbocycles. The first-order valence-corrected chi connectivity index (χ1v) is 11.0. The second-order valence-corrected chi connectivity index (χ2v) is 8.81. The maximum Gasteiger partial charge on any atom is 0.264 e. The van der Waals surface area contributed by atoms with E-state index in [-0.39, 0.29) is 11.4 Å². The van der Waals surface area contributed by atoms with Gasteiger partial charge in [0.15, 0.2) is 0 Å². The van der Waals surface area contributed by atoms with Gasteiger partial charge in [0, 0.05) is 19.9 Å². The third-order valence-corrected chi connectivity index (χ3v) is 6.49. The Labute approximate surface area is 173 Å². The Balaban J connectivity index is 1.90. The topological polar surface area (TPSA) is 59.5 Å². The summed E-state index contributed by atoms with van der Waals surface area (Å²) in [6, 6.07) is 18.5. The summed E-state index contributed by atoms with van der Waals surface area (Å²) in [5.41, 5.74) is 3.68. The zero-order valence-corrected chi connectivity index (χ0v) is 17.6. The molecule has 3 aromatic rings. The Morgan fingerprint density at radius 2 is 1.66 bits per heavy atom. The summed E-state index contributed by atoms with van der Waals surface area (Å²) in [5, 5.41) is 0. The quantitative estimate of drug-likeness (QED) is 0.492. The summed E-state index contributed by atoms with van der Waals surface area (Å²) < 4.78 is 33.4. The lowest BCUT2D eigenvalue weighted by Gasteiger charge is -2.24. The first-order chi connectivity index (χ1) is 14.0. The second kappa shape index (κ2) is 9.67. The first kappa shape index (κ1) is 21.0. The molecule has 0 saturated heterocycles. The minimum Gasteiger partial charge on any atom is -0.385 e. The summed E-state index contributed by atoms with van der Waals surface area (Å²) in [4.78, 5) is 4.37. The van der Waals surface area contributed by atoms with Crippen molar-refractivity contribution in [2.45, 2.75) is 31.2 Å². The van der Waals surface area contributed by atoms with Crippen LogP contribution in [0.15, 0.2) is 78.0 Å². The van der Waals surface area contributed by atoms with Crippen LogP contribution in [-0.4, -0.2) is 27.1 Å². The highest BCUT2D eigenvalue weighted by molar-refractivity contribution is 7.92. The van der Waals surface area contributed by atoms with E-state index in [0.29, 0.717) is 12.3 Å². The van der Waals surface area contributed by atoms with Crippen LogP contribution in [0.5, 0.6) is 0 Å². The summed E-state index contributed by atoms with van der Waals surface area (Å²) in [5.74, 6) is 0. The van der Waals surface area contributed by atoms with Gasteiger partial charge in [-0.3, -0.25) is 9.29 Å². The molecule has 0 radical (unpaired) electrons. The molecule has 1 heterocycles. The summed E-state index contributed by atoms with van der Waals surface area (Å²) in [6.07, 6.45) is 4.96. The molecule has 0 amide bonds. The van der Waals surface area contributed by atoms with Crippen molar-refractivity contribution in [3.8, 4) is 0 Å². The molecule has 2 aromatic carbocycles. The fourth-order valence-corrected chi connectivity index (χ4v) is 4.49. The highest BCUT2D eigenvalue weighted by Gasteiger charge is 2.25.